The number of carboxylic acid groups (broad SMARTS) is 1. The third-order valence-electron chi connectivity index (χ3n) is 2.84. The first-order valence-electron chi connectivity index (χ1n) is 5.57. The van der Waals surface area contributed by atoms with Crippen LogP contribution in [0.2, 0.25) is 0 Å². The standard InChI is InChI=1S/C12H13FN2O3/c13-9-3-1-2-8(11(9)14)12(18)15(6-10(16)17)7-4-5-7/h1-3,7H,4-6,14H2,(H,16,17). The first-order valence-corrected chi connectivity index (χ1v) is 5.57. The van der Waals surface area contributed by atoms with Crippen molar-refractivity contribution in [3.63, 3.8) is 0 Å². The lowest BCUT2D eigenvalue weighted by molar-refractivity contribution is -0.137. The Hall–Kier alpha value is -2.11. The summed E-state index contributed by atoms with van der Waals surface area (Å²) in [5, 5.41) is 8.78. The number of carboxylic acids is 1. The fourth-order valence-corrected chi connectivity index (χ4v) is 1.78. The van der Waals surface area contributed by atoms with Gasteiger partial charge in [0, 0.05) is 6.04 Å². The van der Waals surface area contributed by atoms with Gasteiger partial charge in [0.25, 0.3) is 5.91 Å². The molecule has 1 aromatic rings. The molecule has 0 atom stereocenters. The number of rotatable bonds is 4. The van der Waals surface area contributed by atoms with E-state index >= 15 is 0 Å². The molecular formula is C12H13FN2O3. The molecule has 0 saturated heterocycles. The summed E-state index contributed by atoms with van der Waals surface area (Å²) in [5.74, 6) is -2.30. The third-order valence-corrected chi connectivity index (χ3v) is 2.84. The number of aliphatic carboxylic acids is 1. The molecule has 3 N–H and O–H groups in total. The molecule has 1 aromatic carbocycles. The zero-order chi connectivity index (χ0) is 13.3. The highest BCUT2D eigenvalue weighted by molar-refractivity contribution is 6.00. The number of para-hydroxylation sites is 1. The quantitative estimate of drug-likeness (QED) is 0.786. The van der Waals surface area contributed by atoms with Gasteiger partial charge < -0.3 is 15.7 Å². The van der Waals surface area contributed by atoms with Crippen LogP contribution < -0.4 is 5.73 Å². The molecule has 0 heterocycles. The molecule has 0 radical (unpaired) electrons. The molecule has 0 aromatic heterocycles. The summed E-state index contributed by atoms with van der Waals surface area (Å²) in [7, 11) is 0. The van der Waals surface area contributed by atoms with Crippen LogP contribution in [-0.2, 0) is 4.79 Å². The van der Waals surface area contributed by atoms with Gasteiger partial charge in [0.1, 0.15) is 12.4 Å². The SMILES string of the molecule is Nc1c(F)cccc1C(=O)N(CC(=O)O)C1CC1. The number of carbonyl (C=O) groups excluding carboxylic acids is 1. The summed E-state index contributed by atoms with van der Waals surface area (Å²) < 4.78 is 13.3. The number of nitrogens with zero attached hydrogens (tertiary/aromatic N) is 1. The van der Waals surface area contributed by atoms with Crippen molar-refractivity contribution in [2.75, 3.05) is 12.3 Å². The molecule has 5 nitrogen and oxygen atoms in total. The summed E-state index contributed by atoms with van der Waals surface area (Å²) in [5.41, 5.74) is 5.28. The van der Waals surface area contributed by atoms with E-state index in [1.54, 1.807) is 0 Å². The molecule has 0 spiro atoms. The van der Waals surface area contributed by atoms with Gasteiger partial charge in [-0.05, 0) is 25.0 Å². The molecule has 1 amide bonds. The van der Waals surface area contributed by atoms with Gasteiger partial charge in [-0.25, -0.2) is 4.39 Å². The number of hydrogen-bond acceptors (Lipinski definition) is 3. The maximum atomic E-state index is 13.3. The number of nitrogens with two attached hydrogens (primary N) is 1. The van der Waals surface area contributed by atoms with E-state index in [-0.39, 0.29) is 23.8 Å². The number of hydrogen-bond donors (Lipinski definition) is 2. The zero-order valence-corrected chi connectivity index (χ0v) is 9.60. The number of nitrogen functional groups attached to an aromatic ring is 1. The molecule has 1 saturated carbocycles. The van der Waals surface area contributed by atoms with Crippen molar-refractivity contribution in [1.29, 1.82) is 0 Å². The van der Waals surface area contributed by atoms with Gasteiger partial charge in [0.15, 0.2) is 0 Å². The van der Waals surface area contributed by atoms with E-state index in [0.29, 0.717) is 0 Å². The molecule has 0 aliphatic heterocycles. The monoisotopic (exact) mass is 252 g/mol. The maximum Gasteiger partial charge on any atom is 0.323 e. The Bertz CT molecular complexity index is 500. The molecule has 2 rings (SSSR count). The number of halogens is 1. The van der Waals surface area contributed by atoms with E-state index in [1.807, 2.05) is 0 Å². The van der Waals surface area contributed by atoms with E-state index in [0.717, 1.165) is 18.9 Å². The van der Waals surface area contributed by atoms with Crippen molar-refractivity contribution in [2.45, 2.75) is 18.9 Å². The van der Waals surface area contributed by atoms with E-state index in [2.05, 4.69) is 0 Å². The molecule has 6 heteroatoms. The van der Waals surface area contributed by atoms with Crippen LogP contribution in [0.1, 0.15) is 23.2 Å². The molecule has 1 aliphatic rings. The Kier molecular flexibility index (Phi) is 3.18. The highest BCUT2D eigenvalue weighted by atomic mass is 19.1. The molecular weight excluding hydrogens is 239 g/mol. The van der Waals surface area contributed by atoms with Crippen LogP contribution in [0.15, 0.2) is 18.2 Å². The van der Waals surface area contributed by atoms with Crippen molar-refractivity contribution >= 4 is 17.6 Å². The first-order chi connectivity index (χ1) is 8.50. The van der Waals surface area contributed by atoms with Crippen LogP contribution in [0.5, 0.6) is 0 Å². The lowest BCUT2D eigenvalue weighted by Crippen LogP contribution is -2.37. The van der Waals surface area contributed by atoms with Crippen LogP contribution in [0, 0.1) is 5.82 Å². The van der Waals surface area contributed by atoms with Crippen LogP contribution in [0.25, 0.3) is 0 Å². The minimum Gasteiger partial charge on any atom is -0.480 e. The van der Waals surface area contributed by atoms with Crippen molar-refractivity contribution in [1.82, 2.24) is 4.90 Å². The van der Waals surface area contributed by atoms with Crippen molar-refractivity contribution < 1.29 is 19.1 Å². The first kappa shape index (κ1) is 12.3. The normalized spacial score (nSPS) is 14.3. The average molecular weight is 252 g/mol. The van der Waals surface area contributed by atoms with E-state index in [9.17, 15) is 14.0 Å². The van der Waals surface area contributed by atoms with Crippen LogP contribution in [0.3, 0.4) is 0 Å². The summed E-state index contributed by atoms with van der Waals surface area (Å²) in [6.07, 6.45) is 1.54. The number of amides is 1. The Balaban J connectivity index is 2.27. The second-order valence-electron chi connectivity index (χ2n) is 4.26. The van der Waals surface area contributed by atoms with Gasteiger partial charge in [0.2, 0.25) is 0 Å². The molecule has 0 bridgehead atoms. The van der Waals surface area contributed by atoms with Gasteiger partial charge in [-0.1, -0.05) is 6.07 Å². The number of carbonyl (C=O) groups is 2. The van der Waals surface area contributed by atoms with Crippen LogP contribution in [0.4, 0.5) is 10.1 Å². The minimum atomic E-state index is -1.09. The van der Waals surface area contributed by atoms with E-state index in [4.69, 9.17) is 10.8 Å². The lowest BCUT2D eigenvalue weighted by atomic mass is 10.1. The largest absolute Gasteiger partial charge is 0.480 e. The Morgan fingerprint density at radius 2 is 2.11 bits per heavy atom. The second kappa shape index (κ2) is 4.64. The third kappa shape index (κ3) is 2.42. The predicted molar refractivity (Wildman–Crippen MR) is 62.5 cm³/mol. The second-order valence-corrected chi connectivity index (χ2v) is 4.26. The molecule has 18 heavy (non-hydrogen) atoms. The van der Waals surface area contributed by atoms with Crippen LogP contribution >= 0.6 is 0 Å². The van der Waals surface area contributed by atoms with E-state index in [1.165, 1.54) is 17.0 Å². The summed E-state index contributed by atoms with van der Waals surface area (Å²) in [4.78, 5) is 24.1. The van der Waals surface area contributed by atoms with Crippen molar-refractivity contribution in [3.8, 4) is 0 Å². The molecule has 0 unspecified atom stereocenters. The van der Waals surface area contributed by atoms with Crippen molar-refractivity contribution in [2.24, 2.45) is 0 Å². The van der Waals surface area contributed by atoms with Gasteiger partial charge in [-0.15, -0.1) is 0 Å². The summed E-state index contributed by atoms with van der Waals surface area (Å²) >= 11 is 0. The summed E-state index contributed by atoms with van der Waals surface area (Å²) in [6.45, 7) is -0.389. The Labute approximate surface area is 103 Å². The molecule has 1 aliphatic carbocycles. The average Bonchev–Trinajstić information content (AvgIpc) is 3.12. The lowest BCUT2D eigenvalue weighted by Gasteiger charge is -2.21. The van der Waals surface area contributed by atoms with E-state index < -0.39 is 17.7 Å². The molecule has 1 fully saturated rings. The number of benzene rings is 1. The number of anilines is 1. The van der Waals surface area contributed by atoms with Gasteiger partial charge >= 0.3 is 5.97 Å². The highest BCUT2D eigenvalue weighted by Crippen LogP contribution is 2.29. The topological polar surface area (TPSA) is 83.6 Å². The minimum absolute atomic E-state index is 0.0168. The zero-order valence-electron chi connectivity index (χ0n) is 9.60. The highest BCUT2D eigenvalue weighted by Gasteiger charge is 2.35. The van der Waals surface area contributed by atoms with Crippen molar-refractivity contribution in [3.05, 3.63) is 29.6 Å². The maximum absolute atomic E-state index is 13.3. The molecule has 96 valence electrons. The fourth-order valence-electron chi connectivity index (χ4n) is 1.78. The smallest absolute Gasteiger partial charge is 0.323 e. The van der Waals surface area contributed by atoms with Crippen LogP contribution in [-0.4, -0.2) is 34.5 Å². The Morgan fingerprint density at radius 3 is 2.67 bits per heavy atom. The van der Waals surface area contributed by atoms with Gasteiger partial charge in [-0.3, -0.25) is 9.59 Å². The Morgan fingerprint density at radius 1 is 1.44 bits per heavy atom. The summed E-state index contributed by atoms with van der Waals surface area (Å²) in [6, 6.07) is 3.87. The predicted octanol–water partition coefficient (Wildman–Crippen LogP) is 1.10. The van der Waals surface area contributed by atoms with Gasteiger partial charge in [-0.2, -0.15) is 0 Å². The van der Waals surface area contributed by atoms with Gasteiger partial charge in [0.05, 0.1) is 11.3 Å². The fraction of sp³-hybridized carbons (Fsp3) is 0.333.